The Labute approximate surface area is 196 Å². The van der Waals surface area contributed by atoms with E-state index in [2.05, 4.69) is 0 Å². The van der Waals surface area contributed by atoms with Crippen LogP contribution in [-0.4, -0.2) is 0 Å². The van der Waals surface area contributed by atoms with Gasteiger partial charge in [-0.25, -0.2) is 0 Å². The van der Waals surface area contributed by atoms with Crippen LogP contribution in [0.5, 0.6) is 0 Å². The molecular weight excluding hydrogens is 544 g/mol. The molecule has 0 aliphatic carbocycles. The van der Waals surface area contributed by atoms with Gasteiger partial charge >= 0.3 is 0 Å². The third-order valence-corrected chi connectivity index (χ3v) is 6.71. The zero-order chi connectivity index (χ0) is 17.2. The normalized spacial score (nSPS) is 9.65. The zero-order valence-electron chi connectivity index (χ0n) is 10.4. The predicted octanol–water partition coefficient (Wildman–Crippen LogP) is 6.91. The van der Waals surface area contributed by atoms with Gasteiger partial charge < -0.3 is 50.5 Å². The van der Waals surface area contributed by atoms with Crippen molar-refractivity contribution in [3.63, 3.8) is 0 Å². The van der Waals surface area contributed by atoms with Gasteiger partial charge in [-0.05, 0) is 12.1 Å². The maximum atomic E-state index is 5.69. The van der Waals surface area contributed by atoms with Crippen molar-refractivity contribution in [1.82, 2.24) is 0 Å². The molecule has 0 bridgehead atoms. The first-order chi connectivity index (χ1) is 10.1. The van der Waals surface area contributed by atoms with Gasteiger partial charge in [0.15, 0.2) is 0 Å². The standard InChI is InChI=1S/2C6H3Cl3S2.Ni/c2*7-2-1-3(8)5(10)6(11)4(2)9;/h2*1,10-11H;/p-4. The van der Waals surface area contributed by atoms with Crippen LogP contribution in [0.2, 0.25) is 30.1 Å². The summed E-state index contributed by atoms with van der Waals surface area (Å²) >= 11 is 53.5. The summed E-state index contributed by atoms with van der Waals surface area (Å²) in [5.74, 6) is 0. The maximum Gasteiger partial charge on any atom is 0.0590 e. The van der Waals surface area contributed by atoms with E-state index in [1.54, 1.807) is 0 Å². The summed E-state index contributed by atoms with van der Waals surface area (Å²) in [5.41, 5.74) is 0. The van der Waals surface area contributed by atoms with Crippen molar-refractivity contribution in [2.24, 2.45) is 0 Å². The summed E-state index contributed by atoms with van der Waals surface area (Å²) in [7, 11) is 0. The minimum atomic E-state index is 0. The van der Waals surface area contributed by atoms with Crippen LogP contribution in [0.25, 0.3) is 0 Å². The van der Waals surface area contributed by atoms with Crippen LogP contribution in [0, 0.1) is 0 Å². The summed E-state index contributed by atoms with van der Waals surface area (Å²) in [6.45, 7) is 0. The molecule has 0 aliphatic heterocycles. The van der Waals surface area contributed by atoms with Crippen LogP contribution in [0.3, 0.4) is 0 Å². The topological polar surface area (TPSA) is 0 Å². The van der Waals surface area contributed by atoms with E-state index in [9.17, 15) is 0 Å². The number of hydrogen-bond acceptors (Lipinski definition) is 4. The molecule has 0 saturated heterocycles. The molecule has 0 atom stereocenters. The smallest absolute Gasteiger partial charge is 0.0590 e. The van der Waals surface area contributed by atoms with E-state index in [1.165, 1.54) is 12.1 Å². The van der Waals surface area contributed by atoms with Crippen molar-refractivity contribution in [2.75, 3.05) is 0 Å². The van der Waals surface area contributed by atoms with E-state index in [1.807, 2.05) is 0 Å². The molecule has 0 fully saturated rings. The van der Waals surface area contributed by atoms with Gasteiger partial charge in [-0.2, -0.15) is 19.6 Å². The summed E-state index contributed by atoms with van der Waals surface area (Å²) in [5, 5.41) is 2.04. The predicted molar refractivity (Wildman–Crippen MR) is 105 cm³/mol. The van der Waals surface area contributed by atoms with Crippen molar-refractivity contribution < 1.29 is 16.5 Å². The SMILES string of the molecule is [Ni].[S-]c1c(Cl)cc(Cl)c(Cl)c1[S-].[S-]c1c(Cl)cc(Cl)c(Cl)c1[S-]. The second-order valence-corrected chi connectivity index (χ2v) is 7.64. The van der Waals surface area contributed by atoms with Gasteiger partial charge in [0.1, 0.15) is 0 Å². The van der Waals surface area contributed by atoms with E-state index in [-0.39, 0.29) is 16.5 Å². The Kier molecular flexibility index (Phi) is 11.4. The van der Waals surface area contributed by atoms with Crippen molar-refractivity contribution in [3.8, 4) is 0 Å². The molecule has 0 heterocycles. The molecule has 0 aliphatic rings. The molecule has 0 unspecified atom stereocenters. The molecule has 0 saturated carbocycles. The Hall–Kier alpha value is 1.55. The average molecular weight is 546 g/mol. The second-order valence-electron chi connectivity index (χ2n) is 3.62. The minimum Gasteiger partial charge on any atom is -0.780 e. The van der Waals surface area contributed by atoms with Crippen LogP contribution in [0.1, 0.15) is 0 Å². The van der Waals surface area contributed by atoms with Gasteiger partial charge in [0, 0.05) is 36.6 Å². The van der Waals surface area contributed by atoms with Crippen LogP contribution in [0.4, 0.5) is 0 Å². The quantitative estimate of drug-likeness (QED) is 0.200. The van der Waals surface area contributed by atoms with E-state index in [0.717, 1.165) is 0 Å². The van der Waals surface area contributed by atoms with Crippen LogP contribution in [0.15, 0.2) is 31.7 Å². The number of hydrogen-bond donors (Lipinski definition) is 0. The number of rotatable bonds is 0. The molecule has 0 amide bonds. The number of benzene rings is 2. The fourth-order valence-electron chi connectivity index (χ4n) is 1.11. The molecule has 2 aromatic rings. The molecule has 0 aromatic heterocycles. The molecule has 11 heteroatoms. The van der Waals surface area contributed by atoms with Gasteiger partial charge in [0.05, 0.1) is 10.0 Å². The second kappa shape index (κ2) is 10.6. The van der Waals surface area contributed by atoms with Crippen molar-refractivity contribution in [1.29, 1.82) is 0 Å². The van der Waals surface area contributed by atoms with E-state index < -0.39 is 0 Å². The van der Waals surface area contributed by atoms with Gasteiger partial charge in [-0.15, -0.1) is 0 Å². The third kappa shape index (κ3) is 6.34. The molecule has 0 N–H and O–H groups in total. The van der Waals surface area contributed by atoms with Crippen molar-refractivity contribution in [3.05, 3.63) is 42.3 Å². The third-order valence-electron chi connectivity index (χ3n) is 2.17. The molecular formula is C12H2Cl6NiS4-4. The first-order valence-electron chi connectivity index (χ1n) is 5.11. The Balaban J connectivity index is 0.000000403. The fraction of sp³-hybridized carbons (Fsp3) is 0. The molecule has 0 spiro atoms. The summed E-state index contributed by atoms with van der Waals surface area (Å²) in [6, 6.07) is 2.98. The molecule has 2 rings (SSSR count). The molecule has 130 valence electrons. The van der Waals surface area contributed by atoms with Crippen molar-refractivity contribution >= 4 is 120 Å². The Morgan fingerprint density at radius 2 is 0.739 bits per heavy atom. The van der Waals surface area contributed by atoms with Crippen LogP contribution in [-0.2, 0) is 67.0 Å². The zero-order valence-corrected chi connectivity index (χ0v) is 19.2. The summed E-state index contributed by atoms with van der Waals surface area (Å²) in [6.07, 6.45) is 0. The van der Waals surface area contributed by atoms with E-state index in [4.69, 9.17) is 120 Å². The van der Waals surface area contributed by atoms with E-state index >= 15 is 0 Å². The van der Waals surface area contributed by atoms with Crippen molar-refractivity contribution in [2.45, 2.75) is 19.6 Å². The number of halogens is 6. The monoisotopic (exact) mass is 542 g/mol. The first-order valence-corrected chi connectivity index (χ1v) is 9.01. The molecule has 0 radical (unpaired) electrons. The first kappa shape index (κ1) is 24.6. The Morgan fingerprint density at radius 1 is 0.478 bits per heavy atom. The largest absolute Gasteiger partial charge is 0.780 e. The van der Waals surface area contributed by atoms with Crippen LogP contribution >= 0.6 is 69.6 Å². The Morgan fingerprint density at radius 3 is 1.00 bits per heavy atom. The summed E-state index contributed by atoms with van der Waals surface area (Å²) < 4.78 is 0. The molecule has 23 heavy (non-hydrogen) atoms. The average Bonchev–Trinajstić information content (AvgIpc) is 2.47. The fourth-order valence-corrected chi connectivity index (χ4v) is 3.44. The van der Waals surface area contributed by atoms with Gasteiger partial charge in [0.2, 0.25) is 0 Å². The maximum absolute atomic E-state index is 5.69. The molecule has 0 nitrogen and oxygen atoms in total. The summed E-state index contributed by atoms with van der Waals surface area (Å²) in [4.78, 5) is 1.46. The van der Waals surface area contributed by atoms with E-state index in [0.29, 0.717) is 49.7 Å². The van der Waals surface area contributed by atoms with Gasteiger partial charge in [-0.1, -0.05) is 69.6 Å². The minimum absolute atomic E-state index is 0. The van der Waals surface area contributed by atoms with Crippen LogP contribution < -0.4 is 0 Å². The van der Waals surface area contributed by atoms with Gasteiger partial charge in [0.25, 0.3) is 0 Å². The van der Waals surface area contributed by atoms with Gasteiger partial charge in [-0.3, -0.25) is 0 Å². The Bertz CT molecular complexity index is 612. The molecule has 2 aromatic carbocycles.